The van der Waals surface area contributed by atoms with Crippen LogP contribution in [0, 0.1) is 24.0 Å². The molecule has 1 aromatic heterocycles. The van der Waals surface area contributed by atoms with Gasteiger partial charge in [-0.25, -0.2) is 4.98 Å². The SMILES string of the molecule is Cc1ccnc(NC(=O)CNC(=O)c2ccc(C)c([N+](=O)[O-])c2)c1. The standard InChI is InChI=1S/C16H16N4O4/c1-10-5-6-17-14(7-10)19-15(21)9-18-16(22)12-4-3-11(2)13(8-12)20(23)24/h3-8H,9H2,1-2H3,(H,18,22)(H,17,19,21). The van der Waals surface area contributed by atoms with E-state index in [1.54, 1.807) is 25.3 Å². The molecule has 2 rings (SSSR count). The van der Waals surface area contributed by atoms with Crippen molar-refractivity contribution in [1.29, 1.82) is 0 Å². The molecule has 1 heterocycles. The number of nitrogens with zero attached hydrogens (tertiary/aromatic N) is 2. The number of carbonyl (C=O) groups is 2. The Morgan fingerprint density at radius 2 is 1.96 bits per heavy atom. The number of aryl methyl sites for hydroxylation is 2. The highest BCUT2D eigenvalue weighted by molar-refractivity contribution is 5.99. The van der Waals surface area contributed by atoms with Crippen LogP contribution in [-0.2, 0) is 4.79 Å². The summed E-state index contributed by atoms with van der Waals surface area (Å²) >= 11 is 0. The second kappa shape index (κ2) is 7.32. The molecule has 0 saturated heterocycles. The van der Waals surface area contributed by atoms with Crippen molar-refractivity contribution in [3.05, 3.63) is 63.3 Å². The van der Waals surface area contributed by atoms with E-state index < -0.39 is 16.7 Å². The Morgan fingerprint density at radius 1 is 1.21 bits per heavy atom. The highest BCUT2D eigenvalue weighted by atomic mass is 16.6. The molecule has 0 saturated carbocycles. The monoisotopic (exact) mass is 328 g/mol. The lowest BCUT2D eigenvalue weighted by Gasteiger charge is -2.07. The number of nitrogens with one attached hydrogen (secondary N) is 2. The van der Waals surface area contributed by atoms with Crippen molar-refractivity contribution >= 4 is 23.3 Å². The summed E-state index contributed by atoms with van der Waals surface area (Å²) in [5, 5.41) is 15.9. The van der Waals surface area contributed by atoms with Gasteiger partial charge in [-0.15, -0.1) is 0 Å². The zero-order valence-electron chi connectivity index (χ0n) is 13.2. The van der Waals surface area contributed by atoms with Gasteiger partial charge >= 0.3 is 0 Å². The van der Waals surface area contributed by atoms with Crippen LogP contribution in [0.4, 0.5) is 11.5 Å². The first-order valence-electron chi connectivity index (χ1n) is 7.12. The van der Waals surface area contributed by atoms with Crippen molar-refractivity contribution in [1.82, 2.24) is 10.3 Å². The van der Waals surface area contributed by atoms with E-state index >= 15 is 0 Å². The number of rotatable bonds is 5. The van der Waals surface area contributed by atoms with Crippen LogP contribution in [0.2, 0.25) is 0 Å². The molecule has 0 aliphatic carbocycles. The van der Waals surface area contributed by atoms with Crippen LogP contribution >= 0.6 is 0 Å². The first-order valence-corrected chi connectivity index (χ1v) is 7.12. The summed E-state index contributed by atoms with van der Waals surface area (Å²) in [6.45, 7) is 3.18. The molecule has 124 valence electrons. The largest absolute Gasteiger partial charge is 0.343 e. The summed E-state index contributed by atoms with van der Waals surface area (Å²) in [7, 11) is 0. The van der Waals surface area contributed by atoms with Gasteiger partial charge in [-0.2, -0.15) is 0 Å². The number of aromatic nitrogens is 1. The normalized spacial score (nSPS) is 10.1. The van der Waals surface area contributed by atoms with E-state index in [4.69, 9.17) is 0 Å². The minimum atomic E-state index is -0.564. The number of hydrogen-bond acceptors (Lipinski definition) is 5. The fourth-order valence-corrected chi connectivity index (χ4v) is 2.00. The molecule has 0 aliphatic heterocycles. The van der Waals surface area contributed by atoms with Gasteiger partial charge in [0.2, 0.25) is 5.91 Å². The van der Waals surface area contributed by atoms with Gasteiger partial charge in [0.05, 0.1) is 11.5 Å². The van der Waals surface area contributed by atoms with Gasteiger partial charge in [0.25, 0.3) is 11.6 Å². The molecule has 1 aromatic carbocycles. The zero-order valence-corrected chi connectivity index (χ0v) is 13.2. The summed E-state index contributed by atoms with van der Waals surface area (Å²) in [6.07, 6.45) is 1.56. The van der Waals surface area contributed by atoms with Gasteiger partial charge in [-0.1, -0.05) is 6.07 Å². The number of pyridine rings is 1. The fraction of sp³-hybridized carbons (Fsp3) is 0.188. The number of anilines is 1. The summed E-state index contributed by atoms with van der Waals surface area (Å²) in [6, 6.07) is 7.64. The fourth-order valence-electron chi connectivity index (χ4n) is 2.00. The van der Waals surface area contributed by atoms with E-state index in [9.17, 15) is 19.7 Å². The number of amides is 2. The number of benzene rings is 1. The van der Waals surface area contributed by atoms with E-state index in [0.29, 0.717) is 11.4 Å². The van der Waals surface area contributed by atoms with Crippen LogP contribution in [0.3, 0.4) is 0 Å². The Hall–Kier alpha value is -3.29. The molecule has 0 bridgehead atoms. The third-order valence-electron chi connectivity index (χ3n) is 3.26. The third-order valence-corrected chi connectivity index (χ3v) is 3.26. The van der Waals surface area contributed by atoms with Crippen molar-refractivity contribution in [2.45, 2.75) is 13.8 Å². The highest BCUT2D eigenvalue weighted by Gasteiger charge is 2.15. The molecular formula is C16H16N4O4. The van der Waals surface area contributed by atoms with Crippen LogP contribution in [0.25, 0.3) is 0 Å². The minimum absolute atomic E-state index is 0.119. The molecule has 2 aromatic rings. The number of hydrogen-bond donors (Lipinski definition) is 2. The van der Waals surface area contributed by atoms with Gasteiger partial charge in [0, 0.05) is 23.4 Å². The van der Waals surface area contributed by atoms with Crippen LogP contribution in [0.5, 0.6) is 0 Å². The minimum Gasteiger partial charge on any atom is -0.343 e. The molecule has 2 N–H and O–H groups in total. The van der Waals surface area contributed by atoms with E-state index in [2.05, 4.69) is 15.6 Å². The number of nitro groups is 1. The molecule has 0 radical (unpaired) electrons. The molecular weight excluding hydrogens is 312 g/mol. The Bertz CT molecular complexity index is 804. The topological polar surface area (TPSA) is 114 Å². The molecule has 8 heteroatoms. The van der Waals surface area contributed by atoms with Gasteiger partial charge in [0.1, 0.15) is 5.82 Å². The maximum Gasteiger partial charge on any atom is 0.273 e. The number of nitro benzene ring substituents is 1. The lowest BCUT2D eigenvalue weighted by atomic mass is 10.1. The summed E-state index contributed by atoms with van der Waals surface area (Å²) < 4.78 is 0. The molecule has 0 fully saturated rings. The van der Waals surface area contributed by atoms with Gasteiger partial charge in [-0.05, 0) is 37.6 Å². The lowest BCUT2D eigenvalue weighted by molar-refractivity contribution is -0.385. The van der Waals surface area contributed by atoms with Crippen molar-refractivity contribution < 1.29 is 14.5 Å². The predicted octanol–water partition coefficient (Wildman–Crippen LogP) is 1.98. The van der Waals surface area contributed by atoms with Crippen LogP contribution in [0.15, 0.2) is 36.5 Å². The van der Waals surface area contributed by atoms with E-state index in [0.717, 1.165) is 5.56 Å². The quantitative estimate of drug-likeness (QED) is 0.643. The zero-order chi connectivity index (χ0) is 17.7. The van der Waals surface area contributed by atoms with Crippen LogP contribution in [-0.4, -0.2) is 28.3 Å². The van der Waals surface area contributed by atoms with Gasteiger partial charge < -0.3 is 10.6 Å². The lowest BCUT2D eigenvalue weighted by Crippen LogP contribution is -2.33. The Labute approximate surface area is 138 Å². The Morgan fingerprint density at radius 3 is 2.62 bits per heavy atom. The first-order chi connectivity index (χ1) is 11.4. The Balaban J connectivity index is 1.96. The maximum atomic E-state index is 12.0. The molecule has 0 spiro atoms. The van der Waals surface area contributed by atoms with Crippen molar-refractivity contribution in [3.8, 4) is 0 Å². The first kappa shape index (κ1) is 17.1. The molecule has 0 atom stereocenters. The third kappa shape index (κ3) is 4.35. The van der Waals surface area contributed by atoms with E-state index in [1.165, 1.54) is 18.2 Å². The molecule has 0 aliphatic rings. The molecule has 8 nitrogen and oxygen atoms in total. The average Bonchev–Trinajstić information content (AvgIpc) is 2.52. The van der Waals surface area contributed by atoms with Crippen LogP contribution in [0.1, 0.15) is 21.5 Å². The predicted molar refractivity (Wildman–Crippen MR) is 87.8 cm³/mol. The van der Waals surface area contributed by atoms with Crippen molar-refractivity contribution in [2.24, 2.45) is 0 Å². The van der Waals surface area contributed by atoms with Crippen LogP contribution < -0.4 is 10.6 Å². The molecule has 2 amide bonds. The van der Waals surface area contributed by atoms with E-state index in [-0.39, 0.29) is 17.8 Å². The average molecular weight is 328 g/mol. The highest BCUT2D eigenvalue weighted by Crippen LogP contribution is 2.19. The summed E-state index contributed by atoms with van der Waals surface area (Å²) in [5.41, 5.74) is 1.38. The molecule has 24 heavy (non-hydrogen) atoms. The second-order valence-electron chi connectivity index (χ2n) is 5.21. The molecule has 0 unspecified atom stereocenters. The van der Waals surface area contributed by atoms with Gasteiger partial charge in [-0.3, -0.25) is 19.7 Å². The van der Waals surface area contributed by atoms with Gasteiger partial charge in [0.15, 0.2) is 0 Å². The summed E-state index contributed by atoms with van der Waals surface area (Å²) in [4.78, 5) is 38.2. The Kier molecular flexibility index (Phi) is 5.20. The smallest absolute Gasteiger partial charge is 0.273 e. The number of carbonyl (C=O) groups excluding carboxylic acids is 2. The summed E-state index contributed by atoms with van der Waals surface area (Å²) in [5.74, 6) is -0.617. The maximum absolute atomic E-state index is 12.0. The second-order valence-corrected chi connectivity index (χ2v) is 5.21. The van der Waals surface area contributed by atoms with E-state index in [1.807, 2.05) is 6.92 Å². The van der Waals surface area contributed by atoms with Crippen molar-refractivity contribution in [2.75, 3.05) is 11.9 Å². The van der Waals surface area contributed by atoms with Crippen molar-refractivity contribution in [3.63, 3.8) is 0 Å².